The molecule has 74 heavy (non-hydrogen) atoms. The normalized spacial score (nSPS) is 47.3. The van der Waals surface area contributed by atoms with E-state index in [9.17, 15) is 19.8 Å². The van der Waals surface area contributed by atoms with Crippen LogP contribution in [0.3, 0.4) is 0 Å². The highest BCUT2D eigenvalue weighted by atomic mass is 16.7. The molecule has 2 N–H and O–H groups in total. The number of rotatable bonds is 4. The number of carbonyl (C=O) groups is 2. The lowest BCUT2D eigenvalue weighted by Gasteiger charge is -2.49. The standard InChI is InChI=1S/2C26H34O9.2CH4.2B.2H2/c2*1-14(27)11-23-30-13-22-16(34-23)7-4-6-15-17(32-22)8-9-18-20(31-15)12-21-26(35-18)24(28)25-19(33-21)5-2-3-10-29-25;;;;;;/h2*2-4,7-9,15-26,28H,5-6,10-13H2,1H3;2*1H4;;;2*1H/b2*7-4-;;;;;;/t15-,16+,17+,18-,19+,20+,21-,22-,23+,24-,25+,26-;15-,16+,17+,18-,19+,20+,21-,22-,23-,24-,25+,26-;;;;;;/m11....../s1/i;;;;;;2*1+1. The van der Waals surface area contributed by atoms with Crippen LogP contribution in [0.1, 0.15) is 82.9 Å². The summed E-state index contributed by atoms with van der Waals surface area (Å²) in [7, 11) is 0. The van der Waals surface area contributed by atoms with E-state index in [2.05, 4.69) is 12.2 Å². The maximum atomic E-state index is 11.5. The van der Waals surface area contributed by atoms with Crippen molar-refractivity contribution in [1.29, 1.82) is 0 Å². The van der Waals surface area contributed by atoms with Crippen LogP contribution in [0.4, 0.5) is 0 Å². The second kappa shape index (κ2) is 26.3. The summed E-state index contributed by atoms with van der Waals surface area (Å²) in [4.78, 5) is 22.9. The van der Waals surface area contributed by atoms with Crippen LogP contribution in [0, 0.1) is 0 Å². The lowest BCUT2D eigenvalue weighted by atomic mass is 9.87. The average Bonchev–Trinajstić information content (AvgIpc) is 3.84. The fraction of sp³-hybridized carbons (Fsp3) is 0.741. The molecule has 12 rings (SSSR count). The van der Waals surface area contributed by atoms with Crippen LogP contribution in [0.2, 0.25) is 0 Å². The average molecular weight is 1040 g/mol. The number of aliphatic hydroxyl groups is 2. The Morgan fingerprint density at radius 3 is 1.18 bits per heavy atom. The summed E-state index contributed by atoms with van der Waals surface area (Å²) in [5, 5.41) is 22.1. The maximum absolute atomic E-state index is 11.5. The van der Waals surface area contributed by atoms with Gasteiger partial charge >= 0.3 is 0 Å². The molecular formula is C54H80B2O18. The lowest BCUT2D eigenvalue weighted by Crippen LogP contribution is -2.63. The van der Waals surface area contributed by atoms with E-state index >= 15 is 0 Å². The number of ether oxygens (including phenoxy) is 14. The van der Waals surface area contributed by atoms with Crippen molar-refractivity contribution >= 4 is 28.4 Å². The van der Waals surface area contributed by atoms with E-state index in [4.69, 9.17) is 66.3 Å². The summed E-state index contributed by atoms with van der Waals surface area (Å²) in [6.45, 7) is 4.68. The number of aliphatic hydroxyl groups excluding tert-OH is 2. The molecule has 18 nitrogen and oxygen atoms in total. The van der Waals surface area contributed by atoms with Crippen molar-refractivity contribution in [3.8, 4) is 0 Å². The molecule has 6 saturated heterocycles. The smallest absolute Gasteiger partial charge is 0.165 e. The first-order valence-electron chi connectivity index (χ1n) is 25.5. The third-order valence-electron chi connectivity index (χ3n) is 15.3. The Morgan fingerprint density at radius 2 is 0.770 bits per heavy atom. The van der Waals surface area contributed by atoms with E-state index < -0.39 is 49.2 Å². The van der Waals surface area contributed by atoms with Crippen molar-refractivity contribution in [3.63, 3.8) is 0 Å². The van der Waals surface area contributed by atoms with Crippen LogP contribution in [0.5, 0.6) is 0 Å². The molecule has 12 heterocycles. The predicted molar refractivity (Wildman–Crippen MR) is 272 cm³/mol. The molecule has 0 spiro atoms. The quantitative estimate of drug-likeness (QED) is 0.304. The highest BCUT2D eigenvalue weighted by molar-refractivity contribution is 5.76. The Kier molecular flexibility index (Phi) is 20.9. The maximum Gasteiger partial charge on any atom is 0.165 e. The second-order valence-corrected chi connectivity index (χ2v) is 20.4. The van der Waals surface area contributed by atoms with Crippen molar-refractivity contribution in [2.45, 2.75) is 227 Å². The molecule has 0 aromatic rings. The molecule has 410 valence electrons. The zero-order valence-electron chi connectivity index (χ0n) is 40.9. The Balaban J connectivity index is 0.000000260. The number of carbonyl (C=O) groups excluding carboxylic acids is 2. The van der Waals surface area contributed by atoms with Crippen LogP contribution in [-0.2, 0) is 75.9 Å². The first-order chi connectivity index (χ1) is 34.1. The van der Waals surface area contributed by atoms with Gasteiger partial charge < -0.3 is 76.5 Å². The Hall–Kier alpha value is -2.73. The SMILES string of the molecule is C.C.CC(=O)C[C@@H]1OC[C@H]2O[C@H]3C=C[C@H]4O[C@H]5[C@H](O)[C@H]6OCC=CC[C@@H]6O[C@@H]5C[C@@H]4O[C@@H]3C/C=C\[C@@H]2O1.CC(=O)C[C@H]1OC[C@H]2O[C@H]3C=C[C@H]4O[C@H]5[C@H](O)[C@H]6OCC=CC[C@@H]6O[C@@H]5C[C@@H]4O[C@@H]3C/C=C\[C@@H]2O1.[2HH].[2HH].[B].[B]. The first-order valence-corrected chi connectivity index (χ1v) is 25.5. The van der Waals surface area contributed by atoms with E-state index in [0.29, 0.717) is 65.0 Å². The van der Waals surface area contributed by atoms with E-state index in [1.807, 2.05) is 60.8 Å². The number of hydrogen-bond acceptors (Lipinski definition) is 18. The predicted octanol–water partition coefficient (Wildman–Crippen LogP) is 3.75. The molecule has 12 aliphatic rings. The highest BCUT2D eigenvalue weighted by Crippen LogP contribution is 2.41. The topological polar surface area (TPSA) is 204 Å². The molecule has 24 atom stereocenters. The molecule has 6 fully saturated rings. The lowest BCUT2D eigenvalue weighted by molar-refractivity contribution is -0.289. The van der Waals surface area contributed by atoms with Gasteiger partial charge in [0.05, 0.1) is 88.1 Å². The van der Waals surface area contributed by atoms with Gasteiger partial charge in [0.25, 0.3) is 0 Å². The summed E-state index contributed by atoms with van der Waals surface area (Å²) >= 11 is 0. The Morgan fingerprint density at radius 1 is 0.405 bits per heavy atom. The van der Waals surface area contributed by atoms with Crippen molar-refractivity contribution in [3.05, 3.63) is 72.9 Å². The molecule has 0 amide bonds. The summed E-state index contributed by atoms with van der Waals surface area (Å²) in [5.74, 6) is 0.0546. The van der Waals surface area contributed by atoms with Gasteiger partial charge in [0.2, 0.25) is 0 Å². The molecule has 6 radical (unpaired) electrons. The molecule has 0 aliphatic carbocycles. The molecule has 20 heteroatoms. The van der Waals surface area contributed by atoms with Gasteiger partial charge in [0.1, 0.15) is 97.0 Å². The Labute approximate surface area is 442 Å². The number of hydrogen-bond donors (Lipinski definition) is 2. The summed E-state index contributed by atoms with van der Waals surface area (Å²) < 4.78 is 86.5. The highest BCUT2D eigenvalue weighted by Gasteiger charge is 2.54. The second-order valence-electron chi connectivity index (χ2n) is 20.4. The fourth-order valence-electron chi connectivity index (χ4n) is 11.8. The van der Waals surface area contributed by atoms with Crippen LogP contribution < -0.4 is 0 Å². The van der Waals surface area contributed by atoms with Crippen LogP contribution in [0.15, 0.2) is 72.9 Å². The monoisotopic (exact) mass is 1040 g/mol. The van der Waals surface area contributed by atoms with Gasteiger partial charge in [0.15, 0.2) is 12.6 Å². The number of fused-ring (bicyclic) bond motifs is 10. The van der Waals surface area contributed by atoms with E-state index in [-0.39, 0.29) is 157 Å². The molecule has 0 aromatic heterocycles. The molecule has 0 saturated carbocycles. The van der Waals surface area contributed by atoms with Gasteiger partial charge in [-0.05, 0) is 39.5 Å². The van der Waals surface area contributed by atoms with Crippen molar-refractivity contribution < 1.29 is 89.0 Å². The molecule has 0 bridgehead atoms. The number of Topliss-reactive ketones (excluding diaryl/α,β-unsaturated/α-hetero) is 2. The zero-order chi connectivity index (χ0) is 47.9. The molecule has 0 unspecified atom stereocenters. The van der Waals surface area contributed by atoms with Crippen LogP contribution in [-0.4, -0.2) is 212 Å². The molecule has 12 aliphatic heterocycles. The van der Waals surface area contributed by atoms with Crippen LogP contribution >= 0.6 is 0 Å². The van der Waals surface area contributed by atoms with Gasteiger partial charge in [-0.25, -0.2) is 0 Å². The minimum Gasteiger partial charge on any atom is -0.387 e. The minimum atomic E-state index is -0.760. The van der Waals surface area contributed by atoms with Gasteiger partial charge in [-0.15, -0.1) is 0 Å². The molecule has 0 aromatic carbocycles. The Bertz CT molecular complexity index is 1910. The minimum absolute atomic E-state index is 0. The van der Waals surface area contributed by atoms with E-state index in [0.717, 1.165) is 0 Å². The summed E-state index contributed by atoms with van der Waals surface area (Å²) in [5.41, 5.74) is 0. The summed E-state index contributed by atoms with van der Waals surface area (Å²) in [6, 6.07) is 0. The third-order valence-corrected chi connectivity index (χ3v) is 15.3. The largest absolute Gasteiger partial charge is 0.387 e. The van der Waals surface area contributed by atoms with E-state index in [1.165, 1.54) is 13.8 Å². The van der Waals surface area contributed by atoms with E-state index in [1.54, 1.807) is 0 Å². The van der Waals surface area contributed by atoms with Crippen molar-refractivity contribution in [2.75, 3.05) is 26.4 Å². The van der Waals surface area contributed by atoms with Gasteiger partial charge in [-0.3, -0.25) is 9.59 Å². The van der Waals surface area contributed by atoms with Gasteiger partial charge in [0, 0.05) is 32.5 Å². The first kappa shape index (κ1) is 58.9. The fourth-order valence-corrected chi connectivity index (χ4v) is 11.8. The van der Waals surface area contributed by atoms with Crippen LogP contribution in [0.25, 0.3) is 0 Å². The number of ketones is 2. The van der Waals surface area contributed by atoms with Crippen molar-refractivity contribution in [2.24, 2.45) is 0 Å². The summed E-state index contributed by atoms with van der Waals surface area (Å²) in [6.07, 6.45) is 20.1. The van der Waals surface area contributed by atoms with Gasteiger partial charge in [-0.1, -0.05) is 87.8 Å². The van der Waals surface area contributed by atoms with Crippen molar-refractivity contribution in [1.82, 2.24) is 0 Å². The molecular weight excluding hydrogens is 958 g/mol. The van der Waals surface area contributed by atoms with Gasteiger partial charge in [-0.2, -0.15) is 0 Å². The zero-order valence-corrected chi connectivity index (χ0v) is 40.9. The third kappa shape index (κ3) is 13.1.